The Hall–Kier alpha value is -3.67. The number of anilines is 1. The number of ether oxygens (including phenoxy) is 2. The van der Waals surface area contributed by atoms with E-state index in [0.29, 0.717) is 13.2 Å². The van der Waals surface area contributed by atoms with E-state index >= 15 is 0 Å². The van der Waals surface area contributed by atoms with Crippen molar-refractivity contribution in [3.63, 3.8) is 0 Å². The van der Waals surface area contributed by atoms with Gasteiger partial charge in [0, 0.05) is 48.2 Å². The second-order valence-electron chi connectivity index (χ2n) is 8.33. The van der Waals surface area contributed by atoms with Gasteiger partial charge in [0.25, 0.3) is 0 Å². The average molecular weight is 447 g/mol. The number of rotatable bonds is 11. The van der Waals surface area contributed by atoms with E-state index in [0.717, 1.165) is 58.3 Å². The number of aliphatic carboxylic acids is 1. The van der Waals surface area contributed by atoms with Gasteiger partial charge in [-0.3, -0.25) is 4.79 Å². The zero-order valence-corrected chi connectivity index (χ0v) is 19.2. The standard InChI is InChI=1S/C27H30N2O4/c1-28(2)20-9-8-10-21(17-20)32-15-6-3-7-16-33-22-13-14-24-23-11-4-5-12-25(23)29(19-27(30)31)26(24)18-22/h4-5,8-14,17-18H,3,6-7,15-16,19H2,1-2H3,(H,30,31). The summed E-state index contributed by atoms with van der Waals surface area (Å²) in [6, 6.07) is 21.9. The molecule has 6 nitrogen and oxygen atoms in total. The molecule has 33 heavy (non-hydrogen) atoms. The fourth-order valence-electron chi connectivity index (χ4n) is 4.04. The minimum absolute atomic E-state index is 0.0785. The summed E-state index contributed by atoms with van der Waals surface area (Å²) in [5, 5.41) is 11.5. The van der Waals surface area contributed by atoms with Crippen LogP contribution in [0.15, 0.2) is 66.7 Å². The molecule has 0 bridgehead atoms. The zero-order valence-electron chi connectivity index (χ0n) is 19.2. The summed E-state index contributed by atoms with van der Waals surface area (Å²) in [5.41, 5.74) is 2.92. The van der Waals surface area contributed by atoms with E-state index in [1.165, 1.54) is 0 Å². The van der Waals surface area contributed by atoms with E-state index in [9.17, 15) is 9.90 Å². The van der Waals surface area contributed by atoms with Gasteiger partial charge >= 0.3 is 5.97 Å². The molecule has 0 saturated carbocycles. The summed E-state index contributed by atoms with van der Waals surface area (Å²) in [6.07, 6.45) is 2.90. The summed E-state index contributed by atoms with van der Waals surface area (Å²) in [7, 11) is 4.03. The van der Waals surface area contributed by atoms with Gasteiger partial charge in [-0.25, -0.2) is 0 Å². The Morgan fingerprint density at radius 1 is 0.818 bits per heavy atom. The van der Waals surface area contributed by atoms with E-state index in [4.69, 9.17) is 9.47 Å². The number of fused-ring (bicyclic) bond motifs is 3. The average Bonchev–Trinajstić information content (AvgIpc) is 3.11. The van der Waals surface area contributed by atoms with Gasteiger partial charge < -0.3 is 24.0 Å². The predicted octanol–water partition coefficient (Wildman–Crippen LogP) is 5.57. The predicted molar refractivity (Wildman–Crippen MR) is 133 cm³/mol. The first-order chi connectivity index (χ1) is 16.0. The Morgan fingerprint density at radius 3 is 2.24 bits per heavy atom. The molecule has 0 saturated heterocycles. The van der Waals surface area contributed by atoms with Crippen LogP contribution in [0.3, 0.4) is 0 Å². The molecular weight excluding hydrogens is 416 g/mol. The molecule has 4 rings (SSSR count). The second kappa shape index (κ2) is 10.3. The van der Waals surface area contributed by atoms with Gasteiger partial charge in [-0.2, -0.15) is 0 Å². The molecule has 1 heterocycles. The third-order valence-corrected chi connectivity index (χ3v) is 5.70. The first-order valence-corrected chi connectivity index (χ1v) is 11.3. The maximum absolute atomic E-state index is 11.4. The Kier molecular flexibility index (Phi) is 7.03. The van der Waals surface area contributed by atoms with Crippen LogP contribution >= 0.6 is 0 Å². The molecule has 3 aromatic carbocycles. The molecule has 0 radical (unpaired) electrons. The number of unbranched alkanes of at least 4 members (excludes halogenated alkanes) is 2. The number of hydrogen-bond acceptors (Lipinski definition) is 4. The van der Waals surface area contributed by atoms with Gasteiger partial charge in [0.1, 0.15) is 18.0 Å². The maximum atomic E-state index is 11.4. The molecule has 0 amide bonds. The van der Waals surface area contributed by atoms with Crippen LogP contribution in [0.2, 0.25) is 0 Å². The van der Waals surface area contributed by atoms with Crippen molar-refractivity contribution in [3.8, 4) is 11.5 Å². The molecule has 1 aromatic heterocycles. The number of para-hydroxylation sites is 1. The van der Waals surface area contributed by atoms with Crippen LogP contribution in [0, 0.1) is 0 Å². The molecule has 0 atom stereocenters. The van der Waals surface area contributed by atoms with E-state index < -0.39 is 5.97 Å². The fourth-order valence-corrected chi connectivity index (χ4v) is 4.04. The maximum Gasteiger partial charge on any atom is 0.323 e. The second-order valence-corrected chi connectivity index (χ2v) is 8.33. The lowest BCUT2D eigenvalue weighted by molar-refractivity contribution is -0.137. The van der Waals surface area contributed by atoms with E-state index in [-0.39, 0.29) is 6.54 Å². The van der Waals surface area contributed by atoms with Crippen molar-refractivity contribution < 1.29 is 19.4 Å². The van der Waals surface area contributed by atoms with Gasteiger partial charge in [-0.05, 0) is 49.6 Å². The van der Waals surface area contributed by atoms with Gasteiger partial charge in [0.15, 0.2) is 0 Å². The summed E-state index contributed by atoms with van der Waals surface area (Å²) in [5.74, 6) is 0.788. The van der Waals surface area contributed by atoms with Crippen LogP contribution in [0.5, 0.6) is 11.5 Å². The largest absolute Gasteiger partial charge is 0.494 e. The van der Waals surface area contributed by atoms with Crippen molar-refractivity contribution in [1.82, 2.24) is 4.57 Å². The third kappa shape index (κ3) is 5.40. The van der Waals surface area contributed by atoms with Crippen molar-refractivity contribution in [2.24, 2.45) is 0 Å². The Morgan fingerprint density at radius 2 is 1.52 bits per heavy atom. The lowest BCUT2D eigenvalue weighted by atomic mass is 10.1. The molecule has 4 aromatic rings. The lowest BCUT2D eigenvalue weighted by Gasteiger charge is -2.14. The smallest absolute Gasteiger partial charge is 0.323 e. The first kappa shape index (κ1) is 22.5. The third-order valence-electron chi connectivity index (χ3n) is 5.70. The van der Waals surface area contributed by atoms with E-state index in [1.54, 1.807) is 0 Å². The van der Waals surface area contributed by atoms with E-state index in [2.05, 4.69) is 11.0 Å². The SMILES string of the molecule is CN(C)c1cccc(OCCCCCOc2ccc3c4ccccc4n(CC(=O)O)c3c2)c1. The Labute approximate surface area is 193 Å². The lowest BCUT2D eigenvalue weighted by Crippen LogP contribution is -2.08. The molecule has 0 unspecified atom stereocenters. The van der Waals surface area contributed by atoms with Gasteiger partial charge in [0.05, 0.1) is 18.7 Å². The van der Waals surface area contributed by atoms with Crippen LogP contribution in [0.1, 0.15) is 19.3 Å². The topological polar surface area (TPSA) is 63.9 Å². The molecule has 172 valence electrons. The molecule has 0 aliphatic heterocycles. The van der Waals surface area contributed by atoms with Crippen molar-refractivity contribution in [1.29, 1.82) is 0 Å². The highest BCUT2D eigenvalue weighted by Gasteiger charge is 2.13. The van der Waals surface area contributed by atoms with Crippen LogP contribution in [0.25, 0.3) is 21.8 Å². The Balaban J connectivity index is 1.29. The summed E-state index contributed by atoms with van der Waals surface area (Å²) in [6.45, 7) is 1.21. The monoisotopic (exact) mass is 446 g/mol. The van der Waals surface area contributed by atoms with Crippen molar-refractivity contribution >= 4 is 33.5 Å². The molecule has 0 aliphatic carbocycles. The molecule has 0 fully saturated rings. The van der Waals surface area contributed by atoms with E-state index in [1.807, 2.05) is 79.3 Å². The number of nitrogens with zero attached hydrogens (tertiary/aromatic N) is 2. The summed E-state index contributed by atoms with van der Waals surface area (Å²) >= 11 is 0. The van der Waals surface area contributed by atoms with Crippen molar-refractivity contribution in [2.45, 2.75) is 25.8 Å². The molecule has 0 spiro atoms. The molecule has 1 N–H and O–H groups in total. The number of carboxylic acid groups (broad SMARTS) is 1. The van der Waals surface area contributed by atoms with Crippen molar-refractivity contribution in [2.75, 3.05) is 32.2 Å². The first-order valence-electron chi connectivity index (χ1n) is 11.3. The minimum atomic E-state index is -0.861. The van der Waals surface area contributed by atoms with Crippen LogP contribution < -0.4 is 14.4 Å². The molecular formula is C27H30N2O4. The minimum Gasteiger partial charge on any atom is -0.494 e. The van der Waals surface area contributed by atoms with Gasteiger partial charge in [-0.15, -0.1) is 0 Å². The number of hydrogen-bond donors (Lipinski definition) is 1. The zero-order chi connectivity index (χ0) is 23.2. The fraction of sp³-hybridized carbons (Fsp3) is 0.296. The number of aromatic nitrogens is 1. The molecule has 0 aliphatic rings. The van der Waals surface area contributed by atoms with Crippen molar-refractivity contribution in [3.05, 3.63) is 66.7 Å². The van der Waals surface area contributed by atoms with Gasteiger partial charge in [-0.1, -0.05) is 24.3 Å². The summed E-state index contributed by atoms with van der Waals surface area (Å²) < 4.78 is 13.7. The highest BCUT2D eigenvalue weighted by Crippen LogP contribution is 2.31. The number of carbonyl (C=O) groups is 1. The highest BCUT2D eigenvalue weighted by molar-refractivity contribution is 6.08. The highest BCUT2D eigenvalue weighted by atomic mass is 16.5. The van der Waals surface area contributed by atoms with Crippen LogP contribution in [-0.2, 0) is 11.3 Å². The normalized spacial score (nSPS) is 11.1. The molecule has 6 heteroatoms. The Bertz CT molecular complexity index is 1250. The number of benzene rings is 3. The summed E-state index contributed by atoms with van der Waals surface area (Å²) in [4.78, 5) is 13.5. The van der Waals surface area contributed by atoms with Crippen LogP contribution in [-0.4, -0.2) is 43.0 Å². The number of carboxylic acids is 1. The van der Waals surface area contributed by atoms with Crippen LogP contribution in [0.4, 0.5) is 5.69 Å². The van der Waals surface area contributed by atoms with Gasteiger partial charge in [0.2, 0.25) is 0 Å². The quantitative estimate of drug-likeness (QED) is 0.305.